The number of aliphatic hydroxyl groups is 1. The lowest BCUT2D eigenvalue weighted by atomic mass is 10.3. The first-order chi connectivity index (χ1) is 7.24. The fourth-order valence-corrected chi connectivity index (χ4v) is 1.46. The smallest absolute Gasteiger partial charge is 0.271 e. The largest absolute Gasteiger partial charge is 0.369 e. The van der Waals surface area contributed by atoms with Crippen LogP contribution in [0.25, 0.3) is 11.0 Å². The summed E-state index contributed by atoms with van der Waals surface area (Å²) in [5.41, 5.74) is 0.913. The van der Waals surface area contributed by atoms with E-state index in [2.05, 4.69) is 11.6 Å². The molecule has 0 spiro atoms. The SMILES string of the molecule is C=CC(O)n1c(=O)cnc2ccccc21. The molecule has 1 heterocycles. The number of nitrogens with zero attached hydrogens (tertiary/aromatic N) is 2. The van der Waals surface area contributed by atoms with E-state index in [1.807, 2.05) is 6.07 Å². The summed E-state index contributed by atoms with van der Waals surface area (Å²) >= 11 is 0. The lowest BCUT2D eigenvalue weighted by molar-refractivity contribution is 0.155. The summed E-state index contributed by atoms with van der Waals surface area (Å²) in [6.45, 7) is 3.45. The van der Waals surface area contributed by atoms with Gasteiger partial charge >= 0.3 is 0 Å². The third kappa shape index (κ3) is 1.55. The van der Waals surface area contributed by atoms with Crippen molar-refractivity contribution in [3.63, 3.8) is 0 Å². The summed E-state index contributed by atoms with van der Waals surface area (Å²) < 4.78 is 1.25. The first-order valence-electron chi connectivity index (χ1n) is 4.51. The van der Waals surface area contributed by atoms with Crippen molar-refractivity contribution in [3.05, 3.63) is 53.5 Å². The molecule has 0 aliphatic heterocycles. The molecule has 1 N–H and O–H groups in total. The fraction of sp³-hybridized carbons (Fsp3) is 0.0909. The number of para-hydroxylation sites is 2. The standard InChI is InChI=1S/C11H10N2O2/c1-2-10(14)13-9-6-4-3-5-8(9)12-7-11(13)15/h2-7,10,14H,1H2. The number of aromatic nitrogens is 2. The van der Waals surface area contributed by atoms with Gasteiger partial charge in [0.15, 0.2) is 6.23 Å². The maximum atomic E-state index is 11.5. The van der Waals surface area contributed by atoms with Crippen LogP contribution in [0.1, 0.15) is 6.23 Å². The average Bonchev–Trinajstić information content (AvgIpc) is 2.28. The quantitative estimate of drug-likeness (QED) is 0.741. The molecule has 1 aromatic carbocycles. The molecule has 0 fully saturated rings. The van der Waals surface area contributed by atoms with E-state index in [4.69, 9.17) is 0 Å². The monoisotopic (exact) mass is 202 g/mol. The Hall–Kier alpha value is -1.94. The summed E-state index contributed by atoms with van der Waals surface area (Å²) in [4.78, 5) is 15.5. The van der Waals surface area contributed by atoms with Crippen LogP contribution < -0.4 is 5.56 Å². The minimum absolute atomic E-state index is 0.346. The highest BCUT2D eigenvalue weighted by atomic mass is 16.3. The molecule has 0 aliphatic carbocycles. The number of rotatable bonds is 2. The van der Waals surface area contributed by atoms with E-state index >= 15 is 0 Å². The van der Waals surface area contributed by atoms with Crippen LogP contribution in [0.3, 0.4) is 0 Å². The molecule has 0 bridgehead atoms. The van der Waals surface area contributed by atoms with Gasteiger partial charge in [-0.2, -0.15) is 0 Å². The Morgan fingerprint density at radius 2 is 2.20 bits per heavy atom. The van der Waals surface area contributed by atoms with Crippen LogP contribution in [0.2, 0.25) is 0 Å². The topological polar surface area (TPSA) is 55.1 Å². The second-order valence-electron chi connectivity index (χ2n) is 3.10. The summed E-state index contributed by atoms with van der Waals surface area (Å²) in [6.07, 6.45) is 1.47. The molecular formula is C11H10N2O2. The molecule has 76 valence electrons. The Kier molecular flexibility index (Phi) is 2.35. The van der Waals surface area contributed by atoms with E-state index in [1.165, 1.54) is 16.8 Å². The Labute approximate surface area is 86.1 Å². The van der Waals surface area contributed by atoms with Crippen LogP contribution >= 0.6 is 0 Å². The first kappa shape index (κ1) is 9.61. The van der Waals surface area contributed by atoms with Crippen molar-refractivity contribution in [1.82, 2.24) is 9.55 Å². The van der Waals surface area contributed by atoms with Gasteiger partial charge in [-0.05, 0) is 18.2 Å². The zero-order valence-electron chi connectivity index (χ0n) is 8.00. The van der Waals surface area contributed by atoms with Gasteiger partial charge in [-0.25, -0.2) is 4.98 Å². The molecule has 1 unspecified atom stereocenters. The second kappa shape index (κ2) is 3.67. The van der Waals surface area contributed by atoms with Gasteiger partial charge in [-0.1, -0.05) is 18.7 Å². The van der Waals surface area contributed by atoms with Gasteiger partial charge < -0.3 is 5.11 Å². The highest BCUT2D eigenvalue weighted by Crippen LogP contribution is 2.12. The van der Waals surface area contributed by atoms with E-state index < -0.39 is 6.23 Å². The highest BCUT2D eigenvalue weighted by Gasteiger charge is 2.08. The Balaban J connectivity index is 2.85. The first-order valence-corrected chi connectivity index (χ1v) is 4.51. The van der Waals surface area contributed by atoms with Gasteiger partial charge in [0.1, 0.15) is 0 Å². The highest BCUT2D eigenvalue weighted by molar-refractivity contribution is 5.74. The van der Waals surface area contributed by atoms with E-state index in [0.29, 0.717) is 11.0 Å². The predicted octanol–water partition coefficient (Wildman–Crippen LogP) is 1.07. The van der Waals surface area contributed by atoms with E-state index in [1.54, 1.807) is 18.2 Å². The molecule has 0 amide bonds. The molecule has 2 aromatic rings. The average molecular weight is 202 g/mol. The molecule has 4 nitrogen and oxygen atoms in total. The molecule has 1 atom stereocenters. The van der Waals surface area contributed by atoms with Gasteiger partial charge in [0, 0.05) is 0 Å². The van der Waals surface area contributed by atoms with Crippen LogP contribution in [0.4, 0.5) is 0 Å². The van der Waals surface area contributed by atoms with Crippen LogP contribution in [0, 0.1) is 0 Å². The summed E-state index contributed by atoms with van der Waals surface area (Å²) in [5, 5.41) is 9.63. The van der Waals surface area contributed by atoms with Crippen LogP contribution in [-0.2, 0) is 0 Å². The number of benzene rings is 1. The maximum Gasteiger partial charge on any atom is 0.271 e. The van der Waals surface area contributed by atoms with Crippen molar-refractivity contribution < 1.29 is 5.11 Å². The van der Waals surface area contributed by atoms with Crippen molar-refractivity contribution in [1.29, 1.82) is 0 Å². The Bertz CT molecular complexity index is 560. The Morgan fingerprint density at radius 1 is 1.47 bits per heavy atom. The zero-order chi connectivity index (χ0) is 10.8. The van der Waals surface area contributed by atoms with E-state index in [0.717, 1.165) is 0 Å². The van der Waals surface area contributed by atoms with Crippen molar-refractivity contribution in [2.24, 2.45) is 0 Å². The summed E-state index contributed by atoms with van der Waals surface area (Å²) in [5.74, 6) is 0. The maximum absolute atomic E-state index is 11.5. The van der Waals surface area contributed by atoms with E-state index in [9.17, 15) is 9.90 Å². The van der Waals surface area contributed by atoms with Gasteiger partial charge in [-0.3, -0.25) is 9.36 Å². The third-order valence-electron chi connectivity index (χ3n) is 2.17. The molecule has 2 rings (SSSR count). The van der Waals surface area contributed by atoms with Crippen LogP contribution in [-0.4, -0.2) is 14.7 Å². The third-order valence-corrected chi connectivity index (χ3v) is 2.17. The lowest BCUT2D eigenvalue weighted by Crippen LogP contribution is -2.23. The van der Waals surface area contributed by atoms with Gasteiger partial charge in [0.25, 0.3) is 5.56 Å². The lowest BCUT2D eigenvalue weighted by Gasteiger charge is -2.12. The minimum Gasteiger partial charge on any atom is -0.369 e. The zero-order valence-corrected chi connectivity index (χ0v) is 8.00. The van der Waals surface area contributed by atoms with Crippen molar-refractivity contribution in [2.75, 3.05) is 0 Å². The normalized spacial score (nSPS) is 12.6. The van der Waals surface area contributed by atoms with Crippen LogP contribution in [0.15, 0.2) is 47.9 Å². The van der Waals surface area contributed by atoms with Crippen molar-refractivity contribution in [3.8, 4) is 0 Å². The number of aliphatic hydroxyl groups excluding tert-OH is 1. The van der Waals surface area contributed by atoms with Gasteiger partial charge in [-0.15, -0.1) is 0 Å². The summed E-state index contributed by atoms with van der Waals surface area (Å²) in [7, 11) is 0. The number of fused-ring (bicyclic) bond motifs is 1. The molecule has 0 aliphatic rings. The molecule has 0 radical (unpaired) electrons. The summed E-state index contributed by atoms with van der Waals surface area (Å²) in [6, 6.07) is 7.12. The molecule has 0 saturated heterocycles. The number of hydrogen-bond acceptors (Lipinski definition) is 3. The van der Waals surface area contributed by atoms with E-state index in [-0.39, 0.29) is 5.56 Å². The molecule has 15 heavy (non-hydrogen) atoms. The van der Waals surface area contributed by atoms with Crippen LogP contribution in [0.5, 0.6) is 0 Å². The number of hydrogen-bond donors (Lipinski definition) is 1. The van der Waals surface area contributed by atoms with Crippen molar-refractivity contribution in [2.45, 2.75) is 6.23 Å². The van der Waals surface area contributed by atoms with Gasteiger partial charge in [0.05, 0.1) is 17.2 Å². The van der Waals surface area contributed by atoms with Gasteiger partial charge in [0.2, 0.25) is 0 Å². The van der Waals surface area contributed by atoms with Crippen molar-refractivity contribution >= 4 is 11.0 Å². The predicted molar refractivity (Wildman–Crippen MR) is 57.5 cm³/mol. The Morgan fingerprint density at radius 3 is 2.93 bits per heavy atom. The molecular weight excluding hydrogens is 192 g/mol. The fourth-order valence-electron chi connectivity index (χ4n) is 1.46. The minimum atomic E-state index is -1.02. The molecule has 1 aromatic heterocycles. The second-order valence-corrected chi connectivity index (χ2v) is 3.10. The molecule has 0 saturated carbocycles. The molecule has 4 heteroatoms.